The molecule has 0 spiro atoms. The Morgan fingerprint density at radius 2 is 1.33 bits per heavy atom. The van der Waals surface area contributed by atoms with Crippen molar-refractivity contribution in [2.24, 2.45) is 0 Å². The summed E-state index contributed by atoms with van der Waals surface area (Å²) in [6, 6.07) is 27.0. The van der Waals surface area contributed by atoms with E-state index in [4.69, 9.17) is 14.2 Å². The summed E-state index contributed by atoms with van der Waals surface area (Å²) < 4.78 is 16.1. The fourth-order valence-electron chi connectivity index (χ4n) is 2.52. The Labute approximate surface area is 159 Å². The standard InChI is InChI=1S/C23H22O4/c1-23(2,27-22(24)26-21-11-7-4-8-12-21)25-17-18-13-15-20(16-14-18)19-9-5-3-6-10-19/h3-16H,17H2,1-2H3. The van der Waals surface area contributed by atoms with Gasteiger partial charge in [-0.2, -0.15) is 0 Å². The van der Waals surface area contributed by atoms with Crippen molar-refractivity contribution in [1.29, 1.82) is 0 Å². The number of hydrogen-bond donors (Lipinski definition) is 0. The van der Waals surface area contributed by atoms with E-state index in [2.05, 4.69) is 12.1 Å². The fourth-order valence-corrected chi connectivity index (χ4v) is 2.52. The van der Waals surface area contributed by atoms with Crippen molar-refractivity contribution in [2.75, 3.05) is 0 Å². The highest BCUT2D eigenvalue weighted by Gasteiger charge is 2.25. The van der Waals surface area contributed by atoms with Gasteiger partial charge in [-0.1, -0.05) is 72.8 Å². The molecule has 0 fully saturated rings. The predicted molar refractivity (Wildman–Crippen MR) is 104 cm³/mol. The van der Waals surface area contributed by atoms with Gasteiger partial charge in [0.2, 0.25) is 5.79 Å². The van der Waals surface area contributed by atoms with Crippen LogP contribution in [-0.2, 0) is 16.1 Å². The number of ether oxygens (including phenoxy) is 3. The molecule has 0 heterocycles. The van der Waals surface area contributed by atoms with E-state index >= 15 is 0 Å². The van der Waals surface area contributed by atoms with Crippen molar-refractivity contribution >= 4 is 6.16 Å². The van der Waals surface area contributed by atoms with Gasteiger partial charge in [0.05, 0.1) is 6.61 Å². The maximum atomic E-state index is 11.9. The lowest BCUT2D eigenvalue weighted by Crippen LogP contribution is -2.32. The summed E-state index contributed by atoms with van der Waals surface area (Å²) in [7, 11) is 0. The number of para-hydroxylation sites is 1. The monoisotopic (exact) mass is 362 g/mol. The van der Waals surface area contributed by atoms with Crippen LogP contribution in [0.2, 0.25) is 0 Å². The molecule has 3 rings (SSSR count). The lowest BCUT2D eigenvalue weighted by molar-refractivity contribution is -0.191. The molecule has 0 atom stereocenters. The lowest BCUT2D eigenvalue weighted by Gasteiger charge is -2.24. The summed E-state index contributed by atoms with van der Waals surface area (Å²) in [5.74, 6) is -0.681. The van der Waals surface area contributed by atoms with Crippen LogP contribution in [0.25, 0.3) is 11.1 Å². The molecule has 0 amide bonds. The van der Waals surface area contributed by atoms with Gasteiger partial charge < -0.3 is 14.2 Å². The normalized spacial score (nSPS) is 11.0. The molecule has 0 saturated heterocycles. The van der Waals surface area contributed by atoms with Crippen molar-refractivity contribution in [3.63, 3.8) is 0 Å². The minimum absolute atomic E-state index is 0.320. The largest absolute Gasteiger partial charge is 0.516 e. The van der Waals surface area contributed by atoms with Crippen LogP contribution in [-0.4, -0.2) is 11.9 Å². The van der Waals surface area contributed by atoms with Crippen molar-refractivity contribution in [1.82, 2.24) is 0 Å². The van der Waals surface area contributed by atoms with Gasteiger partial charge in [-0.3, -0.25) is 0 Å². The fraction of sp³-hybridized carbons (Fsp3) is 0.174. The Bertz CT molecular complexity index is 856. The molecule has 27 heavy (non-hydrogen) atoms. The van der Waals surface area contributed by atoms with Crippen molar-refractivity contribution in [3.8, 4) is 16.9 Å². The summed E-state index contributed by atoms with van der Waals surface area (Å²) in [6.07, 6.45) is -0.800. The third-order valence-corrected chi connectivity index (χ3v) is 3.92. The number of carbonyl (C=O) groups is 1. The van der Waals surface area contributed by atoms with E-state index in [1.54, 1.807) is 38.1 Å². The van der Waals surface area contributed by atoms with Gasteiger partial charge in [-0.25, -0.2) is 4.79 Å². The highest BCUT2D eigenvalue weighted by atomic mass is 16.8. The molecule has 138 valence electrons. The van der Waals surface area contributed by atoms with Crippen molar-refractivity contribution < 1.29 is 19.0 Å². The zero-order valence-corrected chi connectivity index (χ0v) is 15.4. The second-order valence-corrected chi connectivity index (χ2v) is 6.52. The minimum Gasteiger partial charge on any atom is -0.402 e. The number of carbonyl (C=O) groups excluding carboxylic acids is 1. The van der Waals surface area contributed by atoms with E-state index in [1.807, 2.05) is 48.5 Å². The SMILES string of the molecule is CC(C)(OCc1ccc(-c2ccccc2)cc1)OC(=O)Oc1ccccc1. The smallest absolute Gasteiger partial charge is 0.402 e. The van der Waals surface area contributed by atoms with Crippen LogP contribution in [0.4, 0.5) is 4.79 Å². The second-order valence-electron chi connectivity index (χ2n) is 6.52. The van der Waals surface area contributed by atoms with Crippen molar-refractivity contribution in [3.05, 3.63) is 90.5 Å². The van der Waals surface area contributed by atoms with E-state index in [0.717, 1.165) is 16.7 Å². The molecule has 0 aromatic heterocycles. The van der Waals surface area contributed by atoms with E-state index in [1.165, 1.54) is 0 Å². The van der Waals surface area contributed by atoms with E-state index in [9.17, 15) is 4.79 Å². The van der Waals surface area contributed by atoms with Crippen LogP contribution >= 0.6 is 0 Å². The molecular weight excluding hydrogens is 340 g/mol. The Morgan fingerprint density at radius 3 is 1.96 bits per heavy atom. The lowest BCUT2D eigenvalue weighted by atomic mass is 10.0. The van der Waals surface area contributed by atoms with Crippen LogP contribution in [0, 0.1) is 0 Å². The average Bonchev–Trinajstić information content (AvgIpc) is 2.68. The molecule has 4 heteroatoms. The highest BCUT2D eigenvalue weighted by Crippen LogP contribution is 2.21. The Hall–Kier alpha value is -3.11. The number of rotatable bonds is 6. The van der Waals surface area contributed by atoms with Crippen LogP contribution in [0.1, 0.15) is 19.4 Å². The molecular formula is C23H22O4. The summed E-state index contributed by atoms with van der Waals surface area (Å²) in [5.41, 5.74) is 3.29. The van der Waals surface area contributed by atoms with E-state index in [0.29, 0.717) is 12.4 Å². The van der Waals surface area contributed by atoms with Gasteiger partial charge in [-0.05, 0) is 28.8 Å². The van der Waals surface area contributed by atoms with Gasteiger partial charge in [0, 0.05) is 13.8 Å². The zero-order valence-electron chi connectivity index (χ0n) is 15.4. The van der Waals surface area contributed by atoms with Gasteiger partial charge in [0.1, 0.15) is 5.75 Å². The zero-order chi connectivity index (χ0) is 19.1. The first kappa shape index (κ1) is 18.7. The molecule has 0 saturated carbocycles. The first-order valence-electron chi connectivity index (χ1n) is 8.76. The molecule has 4 nitrogen and oxygen atoms in total. The molecule has 0 aliphatic carbocycles. The number of benzene rings is 3. The maximum Gasteiger partial charge on any atom is 0.516 e. The van der Waals surface area contributed by atoms with Crippen LogP contribution in [0.5, 0.6) is 5.75 Å². The average molecular weight is 362 g/mol. The summed E-state index contributed by atoms with van der Waals surface area (Å²) in [5, 5.41) is 0. The first-order valence-corrected chi connectivity index (χ1v) is 8.76. The van der Waals surface area contributed by atoms with Crippen molar-refractivity contribution in [2.45, 2.75) is 26.2 Å². The third-order valence-electron chi connectivity index (χ3n) is 3.92. The topological polar surface area (TPSA) is 44.8 Å². The Kier molecular flexibility index (Phi) is 5.89. The Morgan fingerprint density at radius 1 is 0.778 bits per heavy atom. The minimum atomic E-state index is -1.11. The molecule has 3 aromatic rings. The molecule has 0 N–H and O–H groups in total. The third kappa shape index (κ3) is 5.69. The van der Waals surface area contributed by atoms with Crippen LogP contribution < -0.4 is 4.74 Å². The quantitative estimate of drug-likeness (QED) is 0.315. The van der Waals surface area contributed by atoms with E-state index in [-0.39, 0.29) is 0 Å². The van der Waals surface area contributed by atoms with Gasteiger partial charge in [0.25, 0.3) is 0 Å². The maximum absolute atomic E-state index is 11.9. The molecule has 0 aliphatic rings. The van der Waals surface area contributed by atoms with E-state index < -0.39 is 11.9 Å². The van der Waals surface area contributed by atoms with Gasteiger partial charge in [0.15, 0.2) is 0 Å². The van der Waals surface area contributed by atoms with Gasteiger partial charge in [-0.15, -0.1) is 0 Å². The number of hydrogen-bond acceptors (Lipinski definition) is 4. The molecule has 0 aliphatic heterocycles. The second kappa shape index (κ2) is 8.52. The molecule has 3 aromatic carbocycles. The first-order chi connectivity index (χ1) is 13.0. The van der Waals surface area contributed by atoms with Crippen LogP contribution in [0.3, 0.4) is 0 Å². The Balaban J connectivity index is 1.53. The summed E-state index contributed by atoms with van der Waals surface area (Å²) in [4.78, 5) is 11.9. The highest BCUT2D eigenvalue weighted by molar-refractivity contribution is 5.64. The predicted octanol–water partition coefficient (Wildman–Crippen LogP) is 5.82. The molecule has 0 radical (unpaired) electrons. The molecule has 0 bridgehead atoms. The summed E-state index contributed by atoms with van der Waals surface area (Å²) >= 11 is 0. The van der Waals surface area contributed by atoms with Gasteiger partial charge >= 0.3 is 6.16 Å². The van der Waals surface area contributed by atoms with Crippen LogP contribution in [0.15, 0.2) is 84.9 Å². The molecule has 0 unspecified atom stereocenters. The summed E-state index contributed by atoms with van der Waals surface area (Å²) in [6.45, 7) is 3.68.